The van der Waals surface area contributed by atoms with Gasteiger partial charge in [0.1, 0.15) is 0 Å². The van der Waals surface area contributed by atoms with Gasteiger partial charge in [0.05, 0.1) is 0 Å². The monoisotopic (exact) mass is 336 g/mol. The van der Waals surface area contributed by atoms with Crippen LogP contribution >= 0.6 is 0 Å². The van der Waals surface area contributed by atoms with E-state index in [-0.39, 0.29) is 11.7 Å². The molecule has 1 aliphatic rings. The zero-order chi connectivity index (χ0) is 17.8. The topological polar surface area (TPSA) is 49.4 Å². The van der Waals surface area contributed by atoms with Crippen molar-refractivity contribution in [3.8, 4) is 11.1 Å². The second kappa shape index (κ2) is 7.51. The van der Waals surface area contributed by atoms with Gasteiger partial charge >= 0.3 is 0 Å². The van der Waals surface area contributed by atoms with Crippen molar-refractivity contribution < 1.29 is 9.59 Å². The van der Waals surface area contributed by atoms with Gasteiger partial charge in [-0.3, -0.25) is 9.59 Å². The Morgan fingerprint density at radius 2 is 1.72 bits per heavy atom. The number of anilines is 1. The van der Waals surface area contributed by atoms with Gasteiger partial charge in [-0.05, 0) is 37.5 Å². The lowest BCUT2D eigenvalue weighted by molar-refractivity contribution is -0.129. The highest BCUT2D eigenvalue weighted by Crippen LogP contribution is 2.30. The third kappa shape index (κ3) is 4.08. The number of likely N-dealkylation sites (tertiary alicyclic amines) is 1. The van der Waals surface area contributed by atoms with Gasteiger partial charge in [0.2, 0.25) is 5.91 Å². The number of piperidine rings is 1. The van der Waals surface area contributed by atoms with Crippen LogP contribution in [0.5, 0.6) is 0 Å². The summed E-state index contributed by atoms with van der Waals surface area (Å²) in [7, 11) is 0. The standard InChI is InChI=1S/C21H24N2O2/c1-15(24)17-6-5-7-18(14-17)20-8-3-4-9-21(20)22-19-10-12-23(13-11-19)16(2)25/h3-9,14,19,22H,10-13H2,1-2H3. The Morgan fingerprint density at radius 1 is 1.00 bits per heavy atom. The molecule has 0 bridgehead atoms. The van der Waals surface area contributed by atoms with Crippen LogP contribution in [0, 0.1) is 0 Å². The Labute approximate surface area is 148 Å². The number of amides is 1. The van der Waals surface area contributed by atoms with E-state index in [9.17, 15) is 9.59 Å². The fourth-order valence-electron chi connectivity index (χ4n) is 3.33. The number of carbonyl (C=O) groups is 2. The van der Waals surface area contributed by atoms with Crippen LogP contribution in [0.4, 0.5) is 5.69 Å². The summed E-state index contributed by atoms with van der Waals surface area (Å²) in [5.74, 6) is 0.226. The molecule has 1 saturated heterocycles. The van der Waals surface area contributed by atoms with E-state index < -0.39 is 0 Å². The predicted molar refractivity (Wildman–Crippen MR) is 101 cm³/mol. The molecule has 0 aliphatic carbocycles. The summed E-state index contributed by atoms with van der Waals surface area (Å²) in [4.78, 5) is 25.0. The third-order valence-corrected chi connectivity index (χ3v) is 4.81. The zero-order valence-corrected chi connectivity index (χ0v) is 14.8. The normalized spacial score (nSPS) is 15.0. The van der Waals surface area contributed by atoms with Crippen LogP contribution in [0.1, 0.15) is 37.0 Å². The maximum Gasteiger partial charge on any atom is 0.219 e. The molecule has 0 atom stereocenters. The van der Waals surface area contributed by atoms with Crippen molar-refractivity contribution in [2.24, 2.45) is 0 Å². The molecule has 25 heavy (non-hydrogen) atoms. The number of Topliss-reactive ketones (excluding diaryl/α,β-unsaturated/α-hetero) is 1. The number of nitrogens with one attached hydrogen (secondary N) is 1. The van der Waals surface area contributed by atoms with Crippen LogP contribution in [-0.4, -0.2) is 35.7 Å². The minimum atomic E-state index is 0.0731. The van der Waals surface area contributed by atoms with Crippen molar-refractivity contribution in [3.63, 3.8) is 0 Å². The Morgan fingerprint density at radius 3 is 2.40 bits per heavy atom. The number of hydrogen-bond acceptors (Lipinski definition) is 3. The highest BCUT2D eigenvalue weighted by molar-refractivity contribution is 5.95. The second-order valence-corrected chi connectivity index (χ2v) is 6.61. The smallest absolute Gasteiger partial charge is 0.219 e. The number of nitrogens with zero attached hydrogens (tertiary/aromatic N) is 1. The lowest BCUT2D eigenvalue weighted by atomic mass is 9.98. The summed E-state index contributed by atoms with van der Waals surface area (Å²) in [6.07, 6.45) is 1.89. The predicted octanol–water partition coefficient (Wildman–Crippen LogP) is 3.98. The molecule has 0 saturated carbocycles. The van der Waals surface area contributed by atoms with Gasteiger partial charge < -0.3 is 10.2 Å². The van der Waals surface area contributed by atoms with Gasteiger partial charge in [-0.2, -0.15) is 0 Å². The first-order chi connectivity index (χ1) is 12.0. The minimum absolute atomic E-state index is 0.0731. The van der Waals surface area contributed by atoms with E-state index in [0.29, 0.717) is 6.04 Å². The van der Waals surface area contributed by atoms with Crippen LogP contribution in [0.25, 0.3) is 11.1 Å². The summed E-state index contributed by atoms with van der Waals surface area (Å²) < 4.78 is 0. The quantitative estimate of drug-likeness (QED) is 0.859. The Hall–Kier alpha value is -2.62. The second-order valence-electron chi connectivity index (χ2n) is 6.61. The molecule has 0 spiro atoms. The molecular weight excluding hydrogens is 312 g/mol. The van der Waals surface area contributed by atoms with Crippen LogP contribution in [0.15, 0.2) is 48.5 Å². The van der Waals surface area contributed by atoms with E-state index in [2.05, 4.69) is 17.4 Å². The maximum atomic E-state index is 11.7. The molecule has 4 heteroatoms. The first-order valence-corrected chi connectivity index (χ1v) is 8.77. The lowest BCUT2D eigenvalue weighted by Crippen LogP contribution is -2.41. The Balaban J connectivity index is 1.79. The summed E-state index contributed by atoms with van der Waals surface area (Å²) >= 11 is 0. The van der Waals surface area contributed by atoms with Crippen molar-refractivity contribution in [3.05, 3.63) is 54.1 Å². The summed E-state index contributed by atoms with van der Waals surface area (Å²) in [5, 5.41) is 3.63. The maximum absolute atomic E-state index is 11.7. The number of carbonyl (C=O) groups excluding carboxylic acids is 2. The third-order valence-electron chi connectivity index (χ3n) is 4.81. The van der Waals surface area contributed by atoms with Crippen molar-refractivity contribution >= 4 is 17.4 Å². The Kier molecular flexibility index (Phi) is 5.17. The van der Waals surface area contributed by atoms with Crippen molar-refractivity contribution in [1.29, 1.82) is 0 Å². The van der Waals surface area contributed by atoms with E-state index in [4.69, 9.17) is 0 Å². The minimum Gasteiger partial charge on any atom is -0.382 e. The number of para-hydroxylation sites is 1. The van der Waals surface area contributed by atoms with E-state index in [1.807, 2.05) is 41.3 Å². The molecule has 1 fully saturated rings. The number of benzene rings is 2. The lowest BCUT2D eigenvalue weighted by Gasteiger charge is -2.32. The molecule has 0 unspecified atom stereocenters. The first-order valence-electron chi connectivity index (χ1n) is 8.77. The first kappa shape index (κ1) is 17.2. The van der Waals surface area contributed by atoms with E-state index in [1.165, 1.54) is 0 Å². The molecule has 130 valence electrons. The van der Waals surface area contributed by atoms with Gasteiger partial charge in [0.15, 0.2) is 5.78 Å². The number of ketones is 1. The molecule has 1 N–H and O–H groups in total. The summed E-state index contributed by atoms with van der Waals surface area (Å²) in [5.41, 5.74) is 3.93. The number of hydrogen-bond donors (Lipinski definition) is 1. The largest absolute Gasteiger partial charge is 0.382 e. The molecule has 3 rings (SSSR count). The highest BCUT2D eigenvalue weighted by Gasteiger charge is 2.21. The molecule has 0 radical (unpaired) electrons. The summed E-state index contributed by atoms with van der Waals surface area (Å²) in [6.45, 7) is 4.82. The molecule has 1 heterocycles. The van der Waals surface area contributed by atoms with Gasteiger partial charge in [0.25, 0.3) is 0 Å². The molecule has 4 nitrogen and oxygen atoms in total. The van der Waals surface area contributed by atoms with Crippen molar-refractivity contribution in [1.82, 2.24) is 4.90 Å². The molecule has 1 amide bonds. The average molecular weight is 336 g/mol. The molecule has 0 aromatic heterocycles. The highest BCUT2D eigenvalue weighted by atomic mass is 16.2. The zero-order valence-electron chi connectivity index (χ0n) is 14.8. The molecular formula is C21H24N2O2. The van der Waals surface area contributed by atoms with Crippen LogP contribution < -0.4 is 5.32 Å². The van der Waals surface area contributed by atoms with Crippen molar-refractivity contribution in [2.45, 2.75) is 32.7 Å². The van der Waals surface area contributed by atoms with E-state index in [1.54, 1.807) is 13.8 Å². The van der Waals surface area contributed by atoms with Gasteiger partial charge in [-0.25, -0.2) is 0 Å². The Bertz CT molecular complexity index is 777. The molecule has 2 aromatic carbocycles. The SMILES string of the molecule is CC(=O)c1cccc(-c2ccccc2NC2CCN(C(C)=O)CC2)c1. The van der Waals surface area contributed by atoms with Gasteiger partial charge in [-0.1, -0.05) is 36.4 Å². The average Bonchev–Trinajstić information content (AvgIpc) is 2.63. The van der Waals surface area contributed by atoms with Crippen LogP contribution in [-0.2, 0) is 4.79 Å². The van der Waals surface area contributed by atoms with Crippen LogP contribution in [0.2, 0.25) is 0 Å². The fraction of sp³-hybridized carbons (Fsp3) is 0.333. The molecule has 2 aromatic rings. The fourth-order valence-corrected chi connectivity index (χ4v) is 3.33. The molecule has 1 aliphatic heterocycles. The van der Waals surface area contributed by atoms with Crippen LogP contribution in [0.3, 0.4) is 0 Å². The number of rotatable bonds is 4. The van der Waals surface area contributed by atoms with Gasteiger partial charge in [0, 0.05) is 42.9 Å². The van der Waals surface area contributed by atoms with E-state index >= 15 is 0 Å². The van der Waals surface area contributed by atoms with Gasteiger partial charge in [-0.15, -0.1) is 0 Å². The van der Waals surface area contributed by atoms with Crippen molar-refractivity contribution in [2.75, 3.05) is 18.4 Å². The van der Waals surface area contributed by atoms with E-state index in [0.717, 1.165) is 48.3 Å². The summed E-state index contributed by atoms with van der Waals surface area (Å²) in [6, 6.07) is 16.3.